The number of urea groups is 1. The van der Waals surface area contributed by atoms with Crippen molar-refractivity contribution in [1.29, 1.82) is 0 Å². The molecular weight excluding hydrogens is 272 g/mol. The molecule has 2 aliphatic rings. The number of ether oxygens (including phenoxy) is 1. The Morgan fingerprint density at radius 1 is 1.38 bits per heavy atom. The van der Waals surface area contributed by atoms with Crippen LogP contribution < -0.4 is 5.32 Å². The zero-order valence-electron chi connectivity index (χ0n) is 12.9. The molecule has 1 saturated heterocycles. The minimum Gasteiger partial charge on any atom is -0.481 e. The number of carbonyl (C=O) groups excluding carboxylic acids is 1. The summed E-state index contributed by atoms with van der Waals surface area (Å²) in [5.74, 6) is -0.902. The van der Waals surface area contributed by atoms with E-state index in [4.69, 9.17) is 9.84 Å². The molecule has 0 aromatic heterocycles. The van der Waals surface area contributed by atoms with Crippen LogP contribution in [0.3, 0.4) is 0 Å². The second-order valence-electron chi connectivity index (χ2n) is 6.76. The highest BCUT2D eigenvalue weighted by Gasteiger charge is 2.36. The normalized spacial score (nSPS) is 29.0. The molecule has 1 aliphatic carbocycles. The Kier molecular flexibility index (Phi) is 5.08. The molecule has 1 saturated carbocycles. The van der Waals surface area contributed by atoms with Gasteiger partial charge < -0.3 is 20.1 Å². The second-order valence-corrected chi connectivity index (χ2v) is 6.76. The third kappa shape index (κ3) is 4.09. The van der Waals surface area contributed by atoms with Gasteiger partial charge in [-0.3, -0.25) is 4.79 Å². The largest absolute Gasteiger partial charge is 0.481 e. The molecule has 120 valence electrons. The van der Waals surface area contributed by atoms with Crippen molar-refractivity contribution in [3.05, 3.63) is 0 Å². The first-order chi connectivity index (χ1) is 9.90. The molecular formula is C15H26N2O4. The topological polar surface area (TPSA) is 78.9 Å². The highest BCUT2D eigenvalue weighted by Crippen LogP contribution is 2.35. The number of rotatable bonds is 3. The molecule has 2 fully saturated rings. The second kappa shape index (κ2) is 6.64. The number of hydrogen-bond donors (Lipinski definition) is 2. The van der Waals surface area contributed by atoms with Gasteiger partial charge in [-0.05, 0) is 18.3 Å². The van der Waals surface area contributed by atoms with E-state index in [1.165, 1.54) is 6.42 Å². The van der Waals surface area contributed by atoms with Crippen LogP contribution in [-0.2, 0) is 9.53 Å². The summed E-state index contributed by atoms with van der Waals surface area (Å²) in [7, 11) is 0. The number of aliphatic carboxylic acids is 1. The van der Waals surface area contributed by atoms with E-state index in [0.29, 0.717) is 19.8 Å². The summed E-state index contributed by atoms with van der Waals surface area (Å²) in [5, 5.41) is 12.1. The number of carboxylic acid groups (broad SMARTS) is 1. The number of amides is 2. The lowest BCUT2D eigenvalue weighted by atomic mass is 9.73. The molecule has 2 amide bonds. The Hall–Kier alpha value is -1.30. The molecule has 2 rings (SSSR count). The Morgan fingerprint density at radius 3 is 2.81 bits per heavy atom. The molecule has 0 bridgehead atoms. The van der Waals surface area contributed by atoms with Gasteiger partial charge in [-0.25, -0.2) is 4.79 Å². The Bertz CT molecular complexity index is 397. The fraction of sp³-hybridized carbons (Fsp3) is 0.867. The average molecular weight is 298 g/mol. The standard InChI is InChI=1S/C15H26N2O4/c1-15(2)6-4-3-5-12(15)16-14(20)17-7-8-21-10-11(17)9-13(18)19/h11-12H,3-10H2,1-2H3,(H,16,20)(H,18,19). The van der Waals surface area contributed by atoms with Gasteiger partial charge in [-0.15, -0.1) is 0 Å². The van der Waals surface area contributed by atoms with Gasteiger partial charge >= 0.3 is 12.0 Å². The molecule has 0 spiro atoms. The summed E-state index contributed by atoms with van der Waals surface area (Å²) in [6, 6.07) is -0.362. The van der Waals surface area contributed by atoms with Crippen LogP contribution in [-0.4, -0.2) is 53.8 Å². The number of carboxylic acids is 1. The maximum Gasteiger partial charge on any atom is 0.318 e. The van der Waals surface area contributed by atoms with E-state index < -0.39 is 5.97 Å². The van der Waals surface area contributed by atoms with Crippen molar-refractivity contribution < 1.29 is 19.4 Å². The molecule has 21 heavy (non-hydrogen) atoms. The Labute approximate surface area is 125 Å². The SMILES string of the molecule is CC1(C)CCCCC1NC(=O)N1CCOCC1CC(=O)O. The van der Waals surface area contributed by atoms with Crippen molar-refractivity contribution in [3.63, 3.8) is 0 Å². The molecule has 2 atom stereocenters. The number of nitrogens with one attached hydrogen (secondary N) is 1. The van der Waals surface area contributed by atoms with Gasteiger partial charge in [0.05, 0.1) is 25.7 Å². The molecule has 2 N–H and O–H groups in total. The van der Waals surface area contributed by atoms with Crippen molar-refractivity contribution >= 4 is 12.0 Å². The monoisotopic (exact) mass is 298 g/mol. The fourth-order valence-electron chi connectivity index (χ4n) is 3.29. The summed E-state index contributed by atoms with van der Waals surface area (Å²) < 4.78 is 5.31. The van der Waals surface area contributed by atoms with Crippen molar-refractivity contribution in [2.24, 2.45) is 5.41 Å². The van der Waals surface area contributed by atoms with E-state index in [-0.39, 0.29) is 30.0 Å². The lowest BCUT2D eigenvalue weighted by molar-refractivity contribution is -0.139. The van der Waals surface area contributed by atoms with Crippen LogP contribution >= 0.6 is 0 Å². The minimum atomic E-state index is -0.902. The van der Waals surface area contributed by atoms with E-state index in [1.54, 1.807) is 4.90 Å². The Balaban J connectivity index is 1.98. The summed E-state index contributed by atoms with van der Waals surface area (Å²) in [5.41, 5.74) is 0.0997. The van der Waals surface area contributed by atoms with Gasteiger partial charge in [0.25, 0.3) is 0 Å². The first-order valence-corrected chi connectivity index (χ1v) is 7.77. The van der Waals surface area contributed by atoms with E-state index in [2.05, 4.69) is 19.2 Å². The van der Waals surface area contributed by atoms with Gasteiger partial charge in [0.1, 0.15) is 0 Å². The highest BCUT2D eigenvalue weighted by molar-refractivity contribution is 5.76. The van der Waals surface area contributed by atoms with Gasteiger partial charge in [-0.1, -0.05) is 26.7 Å². The summed E-state index contributed by atoms with van der Waals surface area (Å²) >= 11 is 0. The average Bonchev–Trinajstić information content (AvgIpc) is 2.41. The fourth-order valence-corrected chi connectivity index (χ4v) is 3.29. The van der Waals surface area contributed by atoms with Crippen LogP contribution in [0.2, 0.25) is 0 Å². The van der Waals surface area contributed by atoms with Crippen molar-refractivity contribution in [3.8, 4) is 0 Å². The maximum absolute atomic E-state index is 12.5. The molecule has 0 radical (unpaired) electrons. The molecule has 0 aromatic rings. The van der Waals surface area contributed by atoms with E-state index in [9.17, 15) is 9.59 Å². The van der Waals surface area contributed by atoms with Crippen LogP contribution in [0.15, 0.2) is 0 Å². The van der Waals surface area contributed by atoms with Gasteiger partial charge in [0.15, 0.2) is 0 Å². The van der Waals surface area contributed by atoms with Crippen molar-refractivity contribution in [2.75, 3.05) is 19.8 Å². The first kappa shape index (κ1) is 16.1. The quantitative estimate of drug-likeness (QED) is 0.833. The van der Waals surface area contributed by atoms with Gasteiger partial charge in [-0.2, -0.15) is 0 Å². The zero-order chi connectivity index (χ0) is 15.5. The minimum absolute atomic E-state index is 0.0680. The molecule has 2 unspecified atom stereocenters. The maximum atomic E-state index is 12.5. The summed E-state index contributed by atoms with van der Waals surface area (Å²) in [4.78, 5) is 25.1. The number of hydrogen-bond acceptors (Lipinski definition) is 3. The van der Waals surface area contributed by atoms with Crippen LogP contribution in [0.1, 0.15) is 46.0 Å². The van der Waals surface area contributed by atoms with E-state index in [0.717, 1.165) is 19.3 Å². The summed E-state index contributed by atoms with van der Waals surface area (Å²) in [6.07, 6.45) is 4.38. The molecule has 0 aromatic carbocycles. The lowest BCUT2D eigenvalue weighted by Crippen LogP contribution is -2.57. The van der Waals surface area contributed by atoms with Crippen molar-refractivity contribution in [2.45, 2.75) is 58.0 Å². The molecule has 1 aliphatic heterocycles. The van der Waals surface area contributed by atoms with Gasteiger partial charge in [0, 0.05) is 12.6 Å². The predicted molar refractivity (Wildman–Crippen MR) is 78.1 cm³/mol. The zero-order valence-corrected chi connectivity index (χ0v) is 12.9. The smallest absolute Gasteiger partial charge is 0.318 e. The predicted octanol–water partition coefficient (Wildman–Crippen LogP) is 1.84. The first-order valence-electron chi connectivity index (χ1n) is 7.77. The highest BCUT2D eigenvalue weighted by atomic mass is 16.5. The van der Waals surface area contributed by atoms with Crippen molar-refractivity contribution in [1.82, 2.24) is 10.2 Å². The van der Waals surface area contributed by atoms with E-state index >= 15 is 0 Å². The molecule has 6 nitrogen and oxygen atoms in total. The van der Waals surface area contributed by atoms with Gasteiger partial charge in [0.2, 0.25) is 0 Å². The van der Waals surface area contributed by atoms with Crippen LogP contribution in [0.25, 0.3) is 0 Å². The van der Waals surface area contributed by atoms with Crippen LogP contribution in [0.5, 0.6) is 0 Å². The number of carbonyl (C=O) groups is 2. The number of morpholine rings is 1. The lowest BCUT2D eigenvalue weighted by Gasteiger charge is -2.42. The Morgan fingerprint density at radius 2 is 2.14 bits per heavy atom. The van der Waals surface area contributed by atoms with Crippen LogP contribution in [0.4, 0.5) is 4.79 Å². The third-order valence-electron chi connectivity index (χ3n) is 4.70. The number of nitrogens with zero attached hydrogens (tertiary/aromatic N) is 1. The van der Waals surface area contributed by atoms with Crippen LogP contribution in [0, 0.1) is 5.41 Å². The third-order valence-corrected chi connectivity index (χ3v) is 4.70. The molecule has 6 heteroatoms. The molecule has 1 heterocycles. The summed E-state index contributed by atoms with van der Waals surface area (Å²) in [6.45, 7) is 5.60. The van der Waals surface area contributed by atoms with E-state index in [1.807, 2.05) is 0 Å².